The van der Waals surface area contributed by atoms with Crippen LogP contribution in [0.1, 0.15) is 11.1 Å². The number of halogens is 1. The third kappa shape index (κ3) is 2.02. The maximum Gasteiger partial charge on any atom is 0.264 e. The lowest BCUT2D eigenvalue weighted by Crippen LogP contribution is -2.11. The molecule has 0 fully saturated rings. The molecule has 0 atom stereocenters. The number of hydrogen-bond acceptors (Lipinski definition) is 2. The zero-order chi connectivity index (χ0) is 11.7. The number of aromatic amines is 1. The van der Waals surface area contributed by atoms with E-state index in [1.54, 1.807) is 6.20 Å². The number of benzene rings is 1. The Morgan fingerprint density at radius 2 is 2.06 bits per heavy atom. The molecule has 0 aliphatic rings. The summed E-state index contributed by atoms with van der Waals surface area (Å²) in [7, 11) is 0. The largest absolute Gasteiger partial charge is 0.306 e. The highest BCUT2D eigenvalue weighted by Gasteiger charge is 2.06. The van der Waals surface area contributed by atoms with Crippen LogP contribution in [0, 0.1) is 17.4 Å². The molecule has 1 heterocycles. The minimum absolute atomic E-state index is 0.0912. The highest BCUT2D eigenvalue weighted by Crippen LogP contribution is 2.21. The normalized spacial score (nSPS) is 10.4. The summed E-state index contributed by atoms with van der Waals surface area (Å²) in [6.45, 7) is 4.08. The Labute approximate surface area is 107 Å². The average molecular weight is 326 g/mol. The van der Waals surface area contributed by atoms with Crippen LogP contribution in [0.2, 0.25) is 0 Å². The zero-order valence-corrected chi connectivity index (χ0v) is 11.2. The van der Waals surface area contributed by atoms with Gasteiger partial charge >= 0.3 is 0 Å². The van der Waals surface area contributed by atoms with Crippen LogP contribution in [0.5, 0.6) is 0 Å². The smallest absolute Gasteiger partial charge is 0.264 e. The summed E-state index contributed by atoms with van der Waals surface area (Å²) in [6.07, 6.45) is 1.59. The van der Waals surface area contributed by atoms with Crippen molar-refractivity contribution in [1.29, 1.82) is 0 Å². The Balaban J connectivity index is 2.63. The van der Waals surface area contributed by atoms with Gasteiger partial charge in [0.15, 0.2) is 0 Å². The van der Waals surface area contributed by atoms with Crippen LogP contribution in [0.3, 0.4) is 0 Å². The van der Waals surface area contributed by atoms with Crippen molar-refractivity contribution in [2.45, 2.75) is 13.8 Å². The molecule has 16 heavy (non-hydrogen) atoms. The molecule has 0 unspecified atom stereocenters. The zero-order valence-electron chi connectivity index (χ0n) is 9.04. The first-order valence-electron chi connectivity index (χ1n) is 4.91. The monoisotopic (exact) mass is 326 g/mol. The molecule has 2 aromatic rings. The number of nitrogens with zero attached hydrogens (tertiary/aromatic N) is 1. The van der Waals surface area contributed by atoms with Gasteiger partial charge < -0.3 is 4.98 Å². The first kappa shape index (κ1) is 11.3. The van der Waals surface area contributed by atoms with Gasteiger partial charge in [0.25, 0.3) is 5.56 Å². The van der Waals surface area contributed by atoms with Crippen LogP contribution in [0.4, 0.5) is 0 Å². The van der Waals surface area contributed by atoms with E-state index in [-0.39, 0.29) is 5.56 Å². The van der Waals surface area contributed by atoms with Crippen molar-refractivity contribution in [2.24, 2.45) is 0 Å². The highest BCUT2D eigenvalue weighted by molar-refractivity contribution is 14.1. The minimum Gasteiger partial charge on any atom is -0.306 e. The lowest BCUT2D eigenvalue weighted by Gasteiger charge is -2.07. The van der Waals surface area contributed by atoms with Gasteiger partial charge in [-0.1, -0.05) is 18.2 Å². The van der Waals surface area contributed by atoms with Gasteiger partial charge in [-0.2, -0.15) is 0 Å². The van der Waals surface area contributed by atoms with Crippen LogP contribution >= 0.6 is 22.6 Å². The number of aromatic nitrogens is 2. The lowest BCUT2D eigenvalue weighted by atomic mass is 10.0. The molecule has 4 heteroatoms. The van der Waals surface area contributed by atoms with E-state index in [0.29, 0.717) is 9.39 Å². The van der Waals surface area contributed by atoms with Crippen molar-refractivity contribution in [1.82, 2.24) is 9.97 Å². The summed E-state index contributed by atoms with van der Waals surface area (Å²) in [6, 6.07) is 5.98. The lowest BCUT2D eigenvalue weighted by molar-refractivity contribution is 1.10. The molecule has 0 amide bonds. The van der Waals surface area contributed by atoms with Gasteiger partial charge in [0.1, 0.15) is 5.82 Å². The Morgan fingerprint density at radius 3 is 2.75 bits per heavy atom. The third-order valence-electron chi connectivity index (χ3n) is 2.62. The average Bonchev–Trinajstić information content (AvgIpc) is 2.26. The number of nitrogens with one attached hydrogen (secondary N) is 1. The summed E-state index contributed by atoms with van der Waals surface area (Å²) >= 11 is 1.97. The molecule has 1 aromatic carbocycles. The van der Waals surface area contributed by atoms with Gasteiger partial charge in [-0.3, -0.25) is 4.79 Å². The molecular weight excluding hydrogens is 315 g/mol. The van der Waals surface area contributed by atoms with E-state index < -0.39 is 0 Å². The van der Waals surface area contributed by atoms with Gasteiger partial charge in [-0.25, -0.2) is 4.98 Å². The number of rotatable bonds is 1. The summed E-state index contributed by atoms with van der Waals surface area (Å²) in [5.41, 5.74) is 3.23. The van der Waals surface area contributed by atoms with Crippen molar-refractivity contribution in [3.8, 4) is 11.4 Å². The first-order valence-corrected chi connectivity index (χ1v) is 5.99. The van der Waals surface area contributed by atoms with Crippen LogP contribution in [-0.2, 0) is 0 Å². The number of hydrogen-bond donors (Lipinski definition) is 1. The Morgan fingerprint density at radius 1 is 1.31 bits per heavy atom. The fraction of sp³-hybridized carbons (Fsp3) is 0.167. The Hall–Kier alpha value is -1.17. The molecule has 82 valence electrons. The second kappa shape index (κ2) is 4.37. The molecule has 2 rings (SSSR count). The quantitative estimate of drug-likeness (QED) is 0.819. The number of H-pyrrole nitrogens is 1. The van der Waals surface area contributed by atoms with Gasteiger partial charge in [0.2, 0.25) is 0 Å². The predicted octanol–water partition coefficient (Wildman–Crippen LogP) is 2.66. The van der Waals surface area contributed by atoms with Crippen LogP contribution in [-0.4, -0.2) is 9.97 Å². The summed E-state index contributed by atoms with van der Waals surface area (Å²) in [5, 5.41) is 0. The molecule has 0 aliphatic heterocycles. The molecule has 0 radical (unpaired) electrons. The van der Waals surface area contributed by atoms with E-state index in [1.807, 2.05) is 54.6 Å². The summed E-state index contributed by atoms with van der Waals surface area (Å²) in [4.78, 5) is 18.5. The molecule has 1 N–H and O–H groups in total. The fourth-order valence-corrected chi connectivity index (χ4v) is 1.80. The third-order valence-corrected chi connectivity index (χ3v) is 3.38. The SMILES string of the molecule is Cc1cccc(-c2ncc(I)c(=O)[nH]2)c1C. The van der Waals surface area contributed by atoms with E-state index in [1.165, 1.54) is 5.56 Å². The number of aryl methyl sites for hydroxylation is 1. The first-order chi connectivity index (χ1) is 7.59. The predicted molar refractivity (Wildman–Crippen MR) is 72.5 cm³/mol. The molecular formula is C12H11IN2O. The summed E-state index contributed by atoms with van der Waals surface area (Å²) < 4.78 is 0.603. The van der Waals surface area contributed by atoms with Crippen LogP contribution in [0.25, 0.3) is 11.4 Å². The summed E-state index contributed by atoms with van der Waals surface area (Å²) in [5.74, 6) is 0.631. The standard InChI is InChI=1S/C12H11IN2O/c1-7-4-3-5-9(8(7)2)11-14-6-10(13)12(16)15-11/h3-6H,1-2H3,(H,14,15,16). The van der Waals surface area contributed by atoms with Crippen LogP contribution < -0.4 is 5.56 Å². The van der Waals surface area contributed by atoms with Crippen molar-refractivity contribution < 1.29 is 0 Å². The van der Waals surface area contributed by atoms with E-state index in [4.69, 9.17) is 0 Å². The van der Waals surface area contributed by atoms with E-state index in [9.17, 15) is 4.79 Å². The van der Waals surface area contributed by atoms with Crippen molar-refractivity contribution >= 4 is 22.6 Å². The van der Waals surface area contributed by atoms with E-state index in [2.05, 4.69) is 9.97 Å². The molecule has 0 bridgehead atoms. The minimum atomic E-state index is -0.0912. The fourth-order valence-electron chi connectivity index (χ4n) is 1.52. The molecule has 0 aliphatic carbocycles. The van der Waals surface area contributed by atoms with Gasteiger partial charge in [0, 0.05) is 11.8 Å². The Kier molecular flexibility index (Phi) is 3.09. The topological polar surface area (TPSA) is 45.8 Å². The van der Waals surface area contributed by atoms with Crippen molar-refractivity contribution in [3.63, 3.8) is 0 Å². The second-order valence-electron chi connectivity index (χ2n) is 3.66. The molecule has 1 aromatic heterocycles. The molecule has 3 nitrogen and oxygen atoms in total. The second-order valence-corrected chi connectivity index (χ2v) is 4.82. The van der Waals surface area contributed by atoms with E-state index in [0.717, 1.165) is 11.1 Å². The maximum absolute atomic E-state index is 11.5. The highest BCUT2D eigenvalue weighted by atomic mass is 127. The van der Waals surface area contributed by atoms with Gasteiger partial charge in [-0.15, -0.1) is 0 Å². The maximum atomic E-state index is 11.5. The van der Waals surface area contributed by atoms with Gasteiger partial charge in [-0.05, 0) is 47.6 Å². The Bertz CT molecular complexity index is 590. The van der Waals surface area contributed by atoms with Gasteiger partial charge in [0.05, 0.1) is 3.57 Å². The molecule has 0 saturated carbocycles. The van der Waals surface area contributed by atoms with Crippen molar-refractivity contribution in [2.75, 3.05) is 0 Å². The molecule has 0 saturated heterocycles. The van der Waals surface area contributed by atoms with Crippen molar-refractivity contribution in [3.05, 3.63) is 49.4 Å². The van der Waals surface area contributed by atoms with Crippen LogP contribution in [0.15, 0.2) is 29.2 Å². The molecule has 0 spiro atoms. The van der Waals surface area contributed by atoms with E-state index >= 15 is 0 Å².